The number of carbonyl (C=O) groups is 1. The van der Waals surface area contributed by atoms with Gasteiger partial charge < -0.3 is 9.73 Å². The van der Waals surface area contributed by atoms with Crippen LogP contribution in [0.4, 0.5) is 5.82 Å². The van der Waals surface area contributed by atoms with E-state index in [2.05, 4.69) is 25.9 Å². The van der Waals surface area contributed by atoms with Gasteiger partial charge in [-0.25, -0.2) is 9.36 Å². The van der Waals surface area contributed by atoms with E-state index in [0.29, 0.717) is 17.7 Å². The number of hydrogen-bond acceptors (Lipinski definition) is 7. The first-order chi connectivity index (χ1) is 12.8. The average Bonchev–Trinajstić information content (AvgIpc) is 3.42. The molecular formula is C16H19N7O2S. The molecule has 0 atom stereocenters. The minimum absolute atomic E-state index is 0.109. The number of anilines is 1. The second-order valence-electron chi connectivity index (χ2n) is 6.13. The van der Waals surface area contributed by atoms with E-state index in [4.69, 9.17) is 4.42 Å². The van der Waals surface area contributed by atoms with Gasteiger partial charge in [-0.2, -0.15) is 5.10 Å². The summed E-state index contributed by atoms with van der Waals surface area (Å²) >= 11 is 1.29. The van der Waals surface area contributed by atoms with E-state index < -0.39 is 0 Å². The van der Waals surface area contributed by atoms with Crippen LogP contribution in [-0.2, 0) is 11.3 Å². The molecular weight excluding hydrogens is 354 g/mol. The van der Waals surface area contributed by atoms with E-state index in [9.17, 15) is 4.79 Å². The third-order valence-corrected chi connectivity index (χ3v) is 5.28. The highest BCUT2D eigenvalue weighted by atomic mass is 32.2. The van der Waals surface area contributed by atoms with Gasteiger partial charge in [-0.1, -0.05) is 24.6 Å². The number of hydrogen-bond donors (Lipinski definition) is 1. The molecule has 1 N–H and O–H groups in total. The maximum absolute atomic E-state index is 12.3. The van der Waals surface area contributed by atoms with Crippen LogP contribution in [0.15, 0.2) is 40.2 Å². The third kappa shape index (κ3) is 3.79. The highest BCUT2D eigenvalue weighted by Gasteiger charge is 2.20. The van der Waals surface area contributed by atoms with Crippen LogP contribution in [0, 0.1) is 0 Å². The molecule has 0 unspecified atom stereocenters. The van der Waals surface area contributed by atoms with E-state index in [1.807, 2.05) is 22.9 Å². The molecule has 1 aliphatic carbocycles. The lowest BCUT2D eigenvalue weighted by molar-refractivity contribution is -0.113. The molecule has 26 heavy (non-hydrogen) atoms. The van der Waals surface area contributed by atoms with E-state index in [-0.39, 0.29) is 11.7 Å². The number of aromatic nitrogens is 6. The monoisotopic (exact) mass is 373 g/mol. The van der Waals surface area contributed by atoms with Crippen molar-refractivity contribution < 1.29 is 9.21 Å². The zero-order valence-electron chi connectivity index (χ0n) is 14.1. The smallest absolute Gasteiger partial charge is 0.235 e. The maximum Gasteiger partial charge on any atom is 0.235 e. The number of amides is 1. The first-order valence-corrected chi connectivity index (χ1v) is 9.53. The molecule has 1 saturated carbocycles. The Kier molecular flexibility index (Phi) is 5.00. The molecule has 3 aromatic heterocycles. The number of tetrazole rings is 1. The minimum atomic E-state index is -0.109. The minimum Gasteiger partial charge on any atom is -0.467 e. The zero-order chi connectivity index (χ0) is 17.8. The van der Waals surface area contributed by atoms with Crippen LogP contribution in [0.1, 0.15) is 37.5 Å². The molecule has 136 valence electrons. The van der Waals surface area contributed by atoms with Gasteiger partial charge >= 0.3 is 0 Å². The van der Waals surface area contributed by atoms with E-state index in [1.54, 1.807) is 17.1 Å². The summed E-state index contributed by atoms with van der Waals surface area (Å²) < 4.78 is 8.84. The summed E-state index contributed by atoms with van der Waals surface area (Å²) in [6, 6.07) is 5.89. The fourth-order valence-corrected chi connectivity index (χ4v) is 3.79. The predicted octanol–water partition coefficient (Wildman–Crippen LogP) is 2.36. The molecule has 1 amide bonds. The third-order valence-electron chi connectivity index (χ3n) is 4.33. The van der Waals surface area contributed by atoms with Crippen molar-refractivity contribution in [2.45, 2.75) is 43.4 Å². The van der Waals surface area contributed by atoms with E-state index in [1.165, 1.54) is 24.6 Å². The normalized spacial score (nSPS) is 14.8. The summed E-state index contributed by atoms with van der Waals surface area (Å²) in [4.78, 5) is 12.3. The molecule has 10 heteroatoms. The Balaban J connectivity index is 1.34. The van der Waals surface area contributed by atoms with Gasteiger partial charge in [-0.15, -0.1) is 5.10 Å². The highest BCUT2D eigenvalue weighted by Crippen LogP contribution is 2.31. The van der Waals surface area contributed by atoms with Gasteiger partial charge in [0.1, 0.15) is 18.1 Å². The summed E-state index contributed by atoms with van der Waals surface area (Å²) in [5.74, 6) is 1.61. The van der Waals surface area contributed by atoms with Crippen molar-refractivity contribution in [2.75, 3.05) is 11.1 Å². The summed E-state index contributed by atoms with van der Waals surface area (Å²) in [5.41, 5.74) is 0. The van der Waals surface area contributed by atoms with Crippen molar-refractivity contribution in [3.8, 4) is 0 Å². The van der Waals surface area contributed by atoms with Gasteiger partial charge in [0.05, 0.1) is 24.3 Å². The number of nitrogens with zero attached hydrogens (tertiary/aromatic N) is 6. The Labute approximate surface area is 154 Å². The summed E-state index contributed by atoms with van der Waals surface area (Å²) in [5, 5.41) is 19.5. The molecule has 1 fully saturated rings. The van der Waals surface area contributed by atoms with Gasteiger partial charge in [-0.3, -0.25) is 4.79 Å². The second kappa shape index (κ2) is 7.73. The van der Waals surface area contributed by atoms with Crippen molar-refractivity contribution in [1.29, 1.82) is 0 Å². The van der Waals surface area contributed by atoms with Gasteiger partial charge in [0.25, 0.3) is 0 Å². The number of thioether (sulfide) groups is 1. The Morgan fingerprint density at radius 3 is 3.04 bits per heavy atom. The fraction of sp³-hybridized carbons (Fsp3) is 0.438. The Hall–Kier alpha value is -2.62. The quantitative estimate of drug-likeness (QED) is 0.634. The molecule has 4 rings (SSSR count). The Morgan fingerprint density at radius 2 is 2.23 bits per heavy atom. The molecule has 0 aliphatic heterocycles. The topological polar surface area (TPSA) is 104 Å². The van der Waals surface area contributed by atoms with Crippen LogP contribution in [0.5, 0.6) is 0 Å². The summed E-state index contributed by atoms with van der Waals surface area (Å²) in [6.07, 6.45) is 7.98. The van der Waals surface area contributed by atoms with Crippen LogP contribution >= 0.6 is 11.8 Å². The van der Waals surface area contributed by atoms with Crippen LogP contribution in [0.2, 0.25) is 0 Å². The summed E-state index contributed by atoms with van der Waals surface area (Å²) in [7, 11) is 0. The van der Waals surface area contributed by atoms with Crippen molar-refractivity contribution in [3.05, 3.63) is 36.4 Å². The lowest BCUT2D eigenvalue weighted by atomic mass is 10.2. The largest absolute Gasteiger partial charge is 0.467 e. The van der Waals surface area contributed by atoms with E-state index >= 15 is 0 Å². The number of carbonyl (C=O) groups excluding carboxylic acids is 1. The molecule has 3 heterocycles. The van der Waals surface area contributed by atoms with Crippen molar-refractivity contribution in [3.63, 3.8) is 0 Å². The second-order valence-corrected chi connectivity index (χ2v) is 7.08. The molecule has 9 nitrogen and oxygen atoms in total. The highest BCUT2D eigenvalue weighted by molar-refractivity contribution is 7.99. The number of rotatable bonds is 7. The van der Waals surface area contributed by atoms with Gasteiger partial charge in [0.15, 0.2) is 0 Å². The lowest BCUT2D eigenvalue weighted by Crippen LogP contribution is -2.19. The van der Waals surface area contributed by atoms with Crippen LogP contribution < -0.4 is 5.32 Å². The SMILES string of the molecule is O=C(CSc1nnnn1Cc1ccco1)Nc1ccnn1C1CCCC1. The first kappa shape index (κ1) is 16.8. The van der Waals surface area contributed by atoms with Crippen molar-refractivity contribution in [2.24, 2.45) is 0 Å². The lowest BCUT2D eigenvalue weighted by Gasteiger charge is -2.14. The van der Waals surface area contributed by atoms with Crippen molar-refractivity contribution in [1.82, 2.24) is 30.0 Å². The van der Waals surface area contributed by atoms with Gasteiger partial charge in [-0.05, 0) is 35.4 Å². The standard InChI is InChI=1S/C16H19N7O2S/c24-15(18-14-7-8-17-23(14)12-4-1-2-5-12)11-26-16-19-20-21-22(16)10-13-6-3-9-25-13/h3,6-9,12H,1-2,4-5,10-11H2,(H,18,24). The maximum atomic E-state index is 12.3. The van der Waals surface area contributed by atoms with Crippen LogP contribution in [0.25, 0.3) is 0 Å². The molecule has 1 aliphatic rings. The number of nitrogens with one attached hydrogen (secondary N) is 1. The molecule has 0 aromatic carbocycles. The Bertz CT molecular complexity index is 852. The number of furan rings is 1. The predicted molar refractivity (Wildman–Crippen MR) is 94.7 cm³/mol. The molecule has 0 bridgehead atoms. The van der Waals surface area contributed by atoms with E-state index in [0.717, 1.165) is 24.4 Å². The first-order valence-electron chi connectivity index (χ1n) is 8.54. The summed E-state index contributed by atoms with van der Waals surface area (Å²) in [6.45, 7) is 0.429. The van der Waals surface area contributed by atoms with Crippen LogP contribution in [0.3, 0.4) is 0 Å². The van der Waals surface area contributed by atoms with Crippen LogP contribution in [-0.4, -0.2) is 41.6 Å². The van der Waals surface area contributed by atoms with Gasteiger partial charge in [0, 0.05) is 6.07 Å². The van der Waals surface area contributed by atoms with Gasteiger partial charge in [0.2, 0.25) is 11.1 Å². The molecule has 3 aromatic rings. The molecule has 0 spiro atoms. The fourth-order valence-electron chi connectivity index (χ4n) is 3.11. The zero-order valence-corrected chi connectivity index (χ0v) is 14.9. The average molecular weight is 373 g/mol. The Morgan fingerprint density at radius 1 is 1.35 bits per heavy atom. The molecule has 0 saturated heterocycles. The van der Waals surface area contributed by atoms with Crippen molar-refractivity contribution >= 4 is 23.5 Å². The molecule has 0 radical (unpaired) electrons.